The second-order valence-corrected chi connectivity index (χ2v) is 2.93. The molecule has 1 aromatic carbocycles. The fraction of sp³-hybridized carbons (Fsp3) is 0.400. The van der Waals surface area contributed by atoms with Crippen molar-refractivity contribution in [1.29, 1.82) is 0 Å². The lowest BCUT2D eigenvalue weighted by molar-refractivity contribution is 0.401. The van der Waals surface area contributed by atoms with Crippen LogP contribution in [0.25, 0.3) is 0 Å². The maximum absolute atomic E-state index is 9.72. The van der Waals surface area contributed by atoms with Crippen molar-refractivity contribution < 1.29 is 9.84 Å². The third-order valence-corrected chi connectivity index (χ3v) is 2.05. The zero-order valence-corrected chi connectivity index (χ0v) is 8.22. The molecule has 0 atom stereocenters. The lowest BCUT2D eigenvalue weighted by Crippen LogP contribution is -2.05. The Morgan fingerprint density at radius 2 is 2.15 bits per heavy atom. The van der Waals surface area contributed by atoms with E-state index < -0.39 is 0 Å². The molecule has 0 spiro atoms. The van der Waals surface area contributed by atoms with Gasteiger partial charge in [-0.1, -0.05) is 6.07 Å². The predicted octanol–water partition coefficient (Wildman–Crippen LogP) is 1.43. The van der Waals surface area contributed by atoms with Gasteiger partial charge in [-0.05, 0) is 20.0 Å². The van der Waals surface area contributed by atoms with Crippen LogP contribution in [0.15, 0.2) is 12.1 Å². The number of benzene rings is 1. The molecule has 0 radical (unpaired) electrons. The lowest BCUT2D eigenvalue weighted by atomic mass is 10.1. The average Bonchev–Trinajstić information content (AvgIpc) is 2.14. The van der Waals surface area contributed by atoms with Gasteiger partial charge >= 0.3 is 0 Å². The van der Waals surface area contributed by atoms with E-state index in [1.807, 2.05) is 26.1 Å². The number of hydrogen-bond donors (Lipinski definition) is 2. The predicted molar refractivity (Wildman–Crippen MR) is 52.2 cm³/mol. The van der Waals surface area contributed by atoms with E-state index in [-0.39, 0.29) is 0 Å². The molecule has 1 aromatic rings. The molecule has 0 aliphatic carbocycles. The largest absolute Gasteiger partial charge is 0.507 e. The number of methoxy groups -OCH3 is 1. The van der Waals surface area contributed by atoms with E-state index in [1.54, 1.807) is 7.11 Å². The van der Waals surface area contributed by atoms with E-state index in [0.29, 0.717) is 12.3 Å². The van der Waals surface area contributed by atoms with Gasteiger partial charge in [-0.25, -0.2) is 0 Å². The Bertz CT molecular complexity index is 297. The van der Waals surface area contributed by atoms with Crippen LogP contribution in [0.5, 0.6) is 11.5 Å². The first-order valence-corrected chi connectivity index (χ1v) is 4.20. The van der Waals surface area contributed by atoms with Crippen molar-refractivity contribution in [3.05, 3.63) is 23.3 Å². The molecule has 0 amide bonds. The van der Waals surface area contributed by atoms with Crippen molar-refractivity contribution in [3.8, 4) is 11.5 Å². The summed E-state index contributed by atoms with van der Waals surface area (Å²) in [4.78, 5) is 0. The van der Waals surface area contributed by atoms with Gasteiger partial charge < -0.3 is 15.2 Å². The molecule has 2 N–H and O–H groups in total. The van der Waals surface area contributed by atoms with Crippen LogP contribution in [0.1, 0.15) is 11.1 Å². The summed E-state index contributed by atoms with van der Waals surface area (Å²) in [5.41, 5.74) is 1.68. The standard InChI is InChI=1S/C10H15NO2/c1-7-9(13-3)5-4-8(6-11-2)10(7)12/h4-5,11-12H,6H2,1-3H3. The summed E-state index contributed by atoms with van der Waals surface area (Å²) in [7, 11) is 3.44. The van der Waals surface area contributed by atoms with Crippen LogP contribution in [-0.4, -0.2) is 19.3 Å². The Hall–Kier alpha value is -1.22. The third kappa shape index (κ3) is 1.92. The van der Waals surface area contributed by atoms with Crippen LogP contribution in [0.2, 0.25) is 0 Å². The summed E-state index contributed by atoms with van der Waals surface area (Å²) in [5.74, 6) is 1.03. The van der Waals surface area contributed by atoms with Gasteiger partial charge in [0, 0.05) is 17.7 Å². The molecule has 0 heterocycles. The zero-order chi connectivity index (χ0) is 9.84. The molecule has 0 saturated carbocycles. The molecule has 13 heavy (non-hydrogen) atoms. The molecule has 0 aliphatic heterocycles. The molecular formula is C10H15NO2. The van der Waals surface area contributed by atoms with E-state index in [2.05, 4.69) is 5.32 Å². The van der Waals surface area contributed by atoms with Gasteiger partial charge in [0.25, 0.3) is 0 Å². The molecule has 0 unspecified atom stereocenters. The quantitative estimate of drug-likeness (QED) is 0.741. The maximum Gasteiger partial charge on any atom is 0.126 e. The number of rotatable bonds is 3. The SMILES string of the molecule is CNCc1ccc(OC)c(C)c1O. The molecule has 1 rings (SSSR count). The van der Waals surface area contributed by atoms with Gasteiger partial charge in [-0.15, -0.1) is 0 Å². The second-order valence-electron chi connectivity index (χ2n) is 2.93. The summed E-state index contributed by atoms with van der Waals surface area (Å²) in [6.07, 6.45) is 0. The van der Waals surface area contributed by atoms with Crippen molar-refractivity contribution in [2.45, 2.75) is 13.5 Å². The monoisotopic (exact) mass is 181 g/mol. The number of aromatic hydroxyl groups is 1. The fourth-order valence-corrected chi connectivity index (χ4v) is 1.29. The highest BCUT2D eigenvalue weighted by atomic mass is 16.5. The Kier molecular flexibility index (Phi) is 3.14. The van der Waals surface area contributed by atoms with Crippen LogP contribution < -0.4 is 10.1 Å². The minimum absolute atomic E-state index is 0.314. The number of phenolic OH excluding ortho intramolecular Hbond substituents is 1. The van der Waals surface area contributed by atoms with Gasteiger partial charge in [0.2, 0.25) is 0 Å². The summed E-state index contributed by atoms with van der Waals surface area (Å²) < 4.78 is 5.08. The molecule has 3 heteroatoms. The van der Waals surface area contributed by atoms with Crippen molar-refractivity contribution in [1.82, 2.24) is 5.32 Å². The summed E-state index contributed by atoms with van der Waals surface area (Å²) >= 11 is 0. The third-order valence-electron chi connectivity index (χ3n) is 2.05. The lowest BCUT2D eigenvalue weighted by Gasteiger charge is -2.10. The molecule has 0 fully saturated rings. The Morgan fingerprint density at radius 3 is 2.69 bits per heavy atom. The molecule has 0 aromatic heterocycles. The van der Waals surface area contributed by atoms with E-state index >= 15 is 0 Å². The van der Waals surface area contributed by atoms with Crippen LogP contribution in [0.3, 0.4) is 0 Å². The van der Waals surface area contributed by atoms with Gasteiger partial charge in [0.1, 0.15) is 11.5 Å². The topological polar surface area (TPSA) is 41.5 Å². The van der Waals surface area contributed by atoms with E-state index in [9.17, 15) is 5.11 Å². The molecular weight excluding hydrogens is 166 g/mol. The van der Waals surface area contributed by atoms with Crippen molar-refractivity contribution >= 4 is 0 Å². The highest BCUT2D eigenvalue weighted by molar-refractivity contribution is 5.48. The van der Waals surface area contributed by atoms with E-state index in [1.165, 1.54) is 0 Å². The summed E-state index contributed by atoms with van der Waals surface area (Å²) in [6, 6.07) is 3.72. The normalized spacial score (nSPS) is 10.1. The van der Waals surface area contributed by atoms with Crippen LogP contribution >= 0.6 is 0 Å². The van der Waals surface area contributed by atoms with Crippen LogP contribution in [0, 0.1) is 6.92 Å². The molecule has 3 nitrogen and oxygen atoms in total. The maximum atomic E-state index is 9.72. The first-order valence-electron chi connectivity index (χ1n) is 4.20. The fourth-order valence-electron chi connectivity index (χ4n) is 1.29. The van der Waals surface area contributed by atoms with E-state index in [4.69, 9.17) is 4.74 Å². The van der Waals surface area contributed by atoms with Gasteiger partial charge in [0.05, 0.1) is 7.11 Å². The smallest absolute Gasteiger partial charge is 0.126 e. The number of ether oxygens (including phenoxy) is 1. The minimum Gasteiger partial charge on any atom is -0.507 e. The first kappa shape index (κ1) is 9.86. The second kappa shape index (κ2) is 4.14. The van der Waals surface area contributed by atoms with Gasteiger partial charge in [-0.2, -0.15) is 0 Å². The minimum atomic E-state index is 0.314. The van der Waals surface area contributed by atoms with Gasteiger partial charge in [0.15, 0.2) is 0 Å². The van der Waals surface area contributed by atoms with Crippen LogP contribution in [0.4, 0.5) is 0 Å². The Morgan fingerprint density at radius 1 is 1.46 bits per heavy atom. The highest BCUT2D eigenvalue weighted by Crippen LogP contribution is 2.29. The summed E-state index contributed by atoms with van der Waals surface area (Å²) in [6.45, 7) is 2.50. The molecule has 0 aliphatic rings. The van der Waals surface area contributed by atoms with Crippen LogP contribution in [-0.2, 0) is 6.54 Å². The Balaban J connectivity index is 3.07. The highest BCUT2D eigenvalue weighted by Gasteiger charge is 2.07. The van der Waals surface area contributed by atoms with E-state index in [0.717, 1.165) is 16.9 Å². The van der Waals surface area contributed by atoms with Crippen molar-refractivity contribution in [3.63, 3.8) is 0 Å². The summed E-state index contributed by atoms with van der Waals surface area (Å²) in [5, 5.41) is 12.7. The van der Waals surface area contributed by atoms with Gasteiger partial charge in [-0.3, -0.25) is 0 Å². The molecule has 72 valence electrons. The number of nitrogens with one attached hydrogen (secondary N) is 1. The van der Waals surface area contributed by atoms with Crippen molar-refractivity contribution in [2.24, 2.45) is 0 Å². The molecule has 0 bridgehead atoms. The average molecular weight is 181 g/mol. The van der Waals surface area contributed by atoms with Crippen molar-refractivity contribution in [2.75, 3.05) is 14.2 Å². The first-order chi connectivity index (χ1) is 6.20. The number of hydrogen-bond acceptors (Lipinski definition) is 3. The Labute approximate surface area is 78.3 Å². The number of phenols is 1. The molecule has 0 saturated heterocycles. The zero-order valence-electron chi connectivity index (χ0n) is 8.22.